The van der Waals surface area contributed by atoms with E-state index in [-0.39, 0.29) is 5.91 Å². The average Bonchev–Trinajstić information content (AvgIpc) is 2.40. The van der Waals surface area contributed by atoms with Crippen LogP contribution in [0.2, 0.25) is 0 Å². The van der Waals surface area contributed by atoms with Gasteiger partial charge in [-0.25, -0.2) is 5.32 Å². The molecule has 0 radical (unpaired) electrons. The van der Waals surface area contributed by atoms with Crippen molar-refractivity contribution in [3.8, 4) is 0 Å². The first kappa shape index (κ1) is 12.6. The van der Waals surface area contributed by atoms with Crippen LogP contribution < -0.4 is 16.0 Å². The molecule has 18 heavy (non-hydrogen) atoms. The number of rotatable bonds is 1. The molecule has 96 valence electrons. The highest BCUT2D eigenvalue weighted by Crippen LogP contribution is 1.97. The molecule has 5 nitrogen and oxygen atoms in total. The van der Waals surface area contributed by atoms with E-state index in [0.29, 0.717) is 11.5 Å². The summed E-state index contributed by atoms with van der Waals surface area (Å²) >= 11 is 0. The van der Waals surface area contributed by atoms with Gasteiger partial charge in [-0.05, 0) is 12.1 Å². The quantitative estimate of drug-likeness (QED) is 0.409. The minimum absolute atomic E-state index is 0.153. The third kappa shape index (κ3) is 3.07. The molecule has 0 saturated carbocycles. The Hall–Kier alpha value is -1.88. The molecule has 1 aromatic rings. The lowest BCUT2D eigenvalue weighted by Gasteiger charge is -2.21. The van der Waals surface area contributed by atoms with Crippen molar-refractivity contribution in [3.05, 3.63) is 35.9 Å². The van der Waals surface area contributed by atoms with Crippen LogP contribution >= 0.6 is 0 Å². The van der Waals surface area contributed by atoms with Crippen molar-refractivity contribution in [1.29, 1.82) is 0 Å². The Morgan fingerprint density at radius 3 is 2.50 bits per heavy atom. The number of nitrogens with zero attached hydrogens (tertiary/aromatic N) is 1. The maximum Gasteiger partial charge on any atom is 0.351 e. The number of carbonyl (C=O) groups is 1. The van der Waals surface area contributed by atoms with E-state index in [1.807, 2.05) is 22.8 Å². The Labute approximate surface area is 107 Å². The zero-order valence-corrected chi connectivity index (χ0v) is 10.6. The van der Waals surface area contributed by atoms with Crippen molar-refractivity contribution < 1.29 is 14.3 Å². The zero-order valence-electron chi connectivity index (χ0n) is 10.6. The van der Waals surface area contributed by atoms with Crippen LogP contribution in [-0.2, 0) is 0 Å². The van der Waals surface area contributed by atoms with Gasteiger partial charge in [-0.2, -0.15) is 0 Å². The smallest absolute Gasteiger partial charge is 0.332 e. The van der Waals surface area contributed by atoms with Crippen LogP contribution in [0, 0.1) is 0 Å². The van der Waals surface area contributed by atoms with E-state index >= 15 is 0 Å². The molecule has 4 N–H and O–H groups in total. The topological polar surface area (TPSA) is 62.6 Å². The van der Waals surface area contributed by atoms with Gasteiger partial charge in [0.2, 0.25) is 0 Å². The van der Waals surface area contributed by atoms with Crippen LogP contribution in [0.3, 0.4) is 0 Å². The molecule has 1 heterocycles. The van der Waals surface area contributed by atoms with Crippen molar-refractivity contribution in [2.45, 2.75) is 0 Å². The number of quaternary nitrogens is 1. The van der Waals surface area contributed by atoms with Crippen LogP contribution in [0.4, 0.5) is 0 Å². The van der Waals surface area contributed by atoms with Crippen molar-refractivity contribution in [2.75, 3.05) is 33.2 Å². The molecule has 0 unspecified atom stereocenters. The monoisotopic (exact) mass is 248 g/mol. The van der Waals surface area contributed by atoms with Gasteiger partial charge < -0.3 is 4.90 Å². The largest absolute Gasteiger partial charge is 0.351 e. The van der Waals surface area contributed by atoms with Gasteiger partial charge in [-0.1, -0.05) is 18.2 Å². The highest BCUT2D eigenvalue weighted by atomic mass is 16.1. The Morgan fingerprint density at radius 2 is 1.89 bits per heavy atom. The summed E-state index contributed by atoms with van der Waals surface area (Å²) in [5.74, 6) is 0.302. The van der Waals surface area contributed by atoms with Crippen molar-refractivity contribution in [3.63, 3.8) is 0 Å². The Bertz CT molecular complexity index is 445. The number of hydrogen-bond donors (Lipinski definition) is 3. The van der Waals surface area contributed by atoms with Crippen molar-refractivity contribution >= 4 is 11.9 Å². The molecule has 1 fully saturated rings. The molecule has 5 heteroatoms. The second-order valence-electron chi connectivity index (χ2n) is 4.65. The van der Waals surface area contributed by atoms with Gasteiger partial charge in [0.25, 0.3) is 0 Å². The molecule has 0 atom stereocenters. The number of benzene rings is 1. The molecule has 1 aromatic carbocycles. The molecule has 1 aliphatic rings. The van der Waals surface area contributed by atoms with E-state index in [1.54, 1.807) is 12.1 Å². The number of guanidine groups is 1. The predicted octanol–water partition coefficient (Wildman–Crippen LogP) is -1.73. The molecule has 0 bridgehead atoms. The zero-order chi connectivity index (χ0) is 13.0. The standard InChI is InChI=1S/C13H18N4O/c1-16-7-9-17(10-8-16)13(14)15-12(18)11-5-3-2-4-6-11/h2-6H,7-10H2,1H3,(H2,14,15,18)/p+2. The molecule has 1 aliphatic heterocycles. The number of likely N-dealkylation sites (N-methyl/N-ethyl adjacent to an activating group) is 1. The van der Waals surface area contributed by atoms with E-state index in [1.165, 1.54) is 4.90 Å². The highest BCUT2D eigenvalue weighted by molar-refractivity contribution is 6.03. The van der Waals surface area contributed by atoms with E-state index in [0.717, 1.165) is 26.2 Å². The molecular formula is C13H20N4O+2. The Balaban J connectivity index is 2.01. The fraction of sp³-hybridized carbons (Fsp3) is 0.385. The summed E-state index contributed by atoms with van der Waals surface area (Å²) in [4.78, 5) is 13.4. The third-order valence-corrected chi connectivity index (χ3v) is 3.24. The number of carbonyl (C=O) groups excluding carboxylic acids is 1. The number of nitrogens with two attached hydrogens (primary N) is 1. The fourth-order valence-corrected chi connectivity index (χ4v) is 1.99. The summed E-state index contributed by atoms with van der Waals surface area (Å²) in [6.07, 6.45) is 0. The summed E-state index contributed by atoms with van der Waals surface area (Å²) in [5, 5.41) is 2.75. The number of hydrogen-bond acceptors (Lipinski definition) is 1. The maximum atomic E-state index is 11.9. The van der Waals surface area contributed by atoms with Gasteiger partial charge in [0.05, 0.1) is 12.6 Å². The molecule has 0 spiro atoms. The molecule has 2 rings (SSSR count). The average molecular weight is 248 g/mol. The minimum atomic E-state index is -0.153. The summed E-state index contributed by atoms with van der Waals surface area (Å²) in [7, 11) is 2.16. The number of piperazine rings is 1. The van der Waals surface area contributed by atoms with Crippen molar-refractivity contribution in [2.24, 2.45) is 5.73 Å². The van der Waals surface area contributed by atoms with Gasteiger partial charge in [-0.3, -0.25) is 15.1 Å². The van der Waals surface area contributed by atoms with E-state index in [2.05, 4.69) is 12.4 Å². The van der Waals surface area contributed by atoms with Gasteiger partial charge in [0.15, 0.2) is 0 Å². The second kappa shape index (κ2) is 5.64. The summed E-state index contributed by atoms with van der Waals surface area (Å²) in [5.41, 5.74) is 6.56. The Kier molecular flexibility index (Phi) is 3.94. The first-order chi connectivity index (χ1) is 8.66. The van der Waals surface area contributed by atoms with Crippen LogP contribution in [0.5, 0.6) is 0 Å². The molecule has 0 aromatic heterocycles. The summed E-state index contributed by atoms with van der Waals surface area (Å²) in [6.45, 7) is 3.85. The summed E-state index contributed by atoms with van der Waals surface area (Å²) in [6, 6.07) is 9.11. The fourth-order valence-electron chi connectivity index (χ4n) is 1.99. The highest BCUT2D eigenvalue weighted by Gasteiger charge is 2.20. The molecular weight excluding hydrogens is 228 g/mol. The number of amides is 1. The Morgan fingerprint density at radius 1 is 1.28 bits per heavy atom. The van der Waals surface area contributed by atoms with Gasteiger partial charge in [0.1, 0.15) is 26.2 Å². The predicted molar refractivity (Wildman–Crippen MR) is 69.7 cm³/mol. The van der Waals surface area contributed by atoms with Crippen molar-refractivity contribution in [1.82, 2.24) is 5.32 Å². The van der Waals surface area contributed by atoms with Gasteiger partial charge in [-0.15, -0.1) is 0 Å². The van der Waals surface area contributed by atoms with Crippen LogP contribution in [-0.4, -0.2) is 49.7 Å². The third-order valence-electron chi connectivity index (χ3n) is 3.24. The summed E-state index contributed by atoms with van der Waals surface area (Å²) < 4.78 is 2.02. The lowest BCUT2D eigenvalue weighted by molar-refractivity contribution is -0.914. The van der Waals surface area contributed by atoms with Crippen LogP contribution in [0.15, 0.2) is 30.3 Å². The lowest BCUT2D eigenvalue weighted by atomic mass is 10.2. The second-order valence-corrected chi connectivity index (χ2v) is 4.65. The molecule has 1 amide bonds. The van der Waals surface area contributed by atoms with E-state index in [4.69, 9.17) is 5.73 Å². The molecule has 0 aliphatic carbocycles. The first-order valence-corrected chi connectivity index (χ1v) is 6.22. The minimum Gasteiger partial charge on any atom is -0.332 e. The van der Waals surface area contributed by atoms with Gasteiger partial charge in [0, 0.05) is 0 Å². The molecule has 1 saturated heterocycles. The van der Waals surface area contributed by atoms with E-state index in [9.17, 15) is 4.79 Å². The van der Waals surface area contributed by atoms with Crippen LogP contribution in [0.1, 0.15) is 10.4 Å². The number of nitrogens with one attached hydrogen (secondary N) is 2. The first-order valence-electron chi connectivity index (χ1n) is 6.22. The van der Waals surface area contributed by atoms with E-state index < -0.39 is 0 Å². The normalized spacial score (nSPS) is 19.4. The lowest BCUT2D eigenvalue weighted by Crippen LogP contribution is -3.11. The SMILES string of the molecule is C[NH+]1CC[N+](=C(N)NC(=O)c2ccccc2)CC1. The maximum absolute atomic E-state index is 11.9. The van der Waals surface area contributed by atoms with Crippen LogP contribution in [0.25, 0.3) is 0 Å². The van der Waals surface area contributed by atoms with Gasteiger partial charge >= 0.3 is 11.9 Å².